The van der Waals surface area contributed by atoms with Gasteiger partial charge in [0, 0.05) is 12.1 Å². The molecule has 4 rings (SSSR count). The smallest absolute Gasteiger partial charge is 0.164 e. The highest BCUT2D eigenvalue weighted by Crippen LogP contribution is 2.30. The summed E-state index contributed by atoms with van der Waals surface area (Å²) in [5.41, 5.74) is 2.78. The number of rotatable bonds is 6. The maximum atomic E-state index is 5.33. The van der Waals surface area contributed by atoms with Crippen LogP contribution in [0.2, 0.25) is 0 Å². The molecule has 2 aromatic carbocycles. The second-order valence-electron chi connectivity index (χ2n) is 6.05. The Balaban J connectivity index is 1.78. The van der Waals surface area contributed by atoms with Crippen molar-refractivity contribution in [1.29, 1.82) is 0 Å². The van der Waals surface area contributed by atoms with Crippen LogP contribution in [0.15, 0.2) is 61.2 Å². The number of methoxy groups -OCH3 is 1. The van der Waals surface area contributed by atoms with Gasteiger partial charge in [-0.2, -0.15) is 12.6 Å². The first kappa shape index (κ1) is 17.4. The first-order chi connectivity index (χ1) is 13.2. The van der Waals surface area contributed by atoms with Crippen LogP contribution in [0, 0.1) is 0 Å². The van der Waals surface area contributed by atoms with E-state index in [-0.39, 0.29) is 5.25 Å². The molecule has 0 saturated heterocycles. The van der Waals surface area contributed by atoms with Gasteiger partial charge in [0.1, 0.15) is 16.8 Å². The van der Waals surface area contributed by atoms with Gasteiger partial charge in [-0.25, -0.2) is 4.98 Å². The van der Waals surface area contributed by atoms with E-state index in [9.17, 15) is 0 Å². The van der Waals surface area contributed by atoms with E-state index >= 15 is 0 Å². The van der Waals surface area contributed by atoms with Crippen LogP contribution in [-0.4, -0.2) is 31.8 Å². The summed E-state index contributed by atoms with van der Waals surface area (Å²) in [5, 5.41) is 8.46. The number of benzene rings is 2. The van der Waals surface area contributed by atoms with Crippen molar-refractivity contribution in [3.05, 3.63) is 72.8 Å². The standard InChI is InChI=1S/C20H19N5OS/c1-3-11-25-19(13-7-6-8-14(12-13)26-2)23-24-20(25)17(27)18-21-15-9-4-5-10-16(15)22-18/h3-10,12,17,27H,1,11H2,2H3,(H,21,22). The summed E-state index contributed by atoms with van der Waals surface area (Å²) in [6.45, 7) is 4.42. The molecule has 0 spiro atoms. The molecule has 0 aliphatic rings. The number of para-hydroxylation sites is 2. The van der Waals surface area contributed by atoms with Gasteiger partial charge in [0.05, 0.1) is 18.1 Å². The zero-order chi connectivity index (χ0) is 18.8. The van der Waals surface area contributed by atoms with Crippen molar-refractivity contribution >= 4 is 23.7 Å². The van der Waals surface area contributed by atoms with Gasteiger partial charge in [-0.05, 0) is 24.3 Å². The Hall–Kier alpha value is -3.06. The van der Waals surface area contributed by atoms with E-state index in [1.165, 1.54) is 0 Å². The third-order valence-electron chi connectivity index (χ3n) is 4.33. The number of ether oxygens (including phenoxy) is 1. The van der Waals surface area contributed by atoms with E-state index in [2.05, 4.69) is 26.7 Å². The molecule has 0 bridgehead atoms. The molecule has 2 aromatic heterocycles. The van der Waals surface area contributed by atoms with Crippen LogP contribution < -0.4 is 4.74 Å². The molecular weight excluding hydrogens is 358 g/mol. The van der Waals surface area contributed by atoms with Crippen LogP contribution in [0.5, 0.6) is 5.75 Å². The minimum atomic E-state index is -0.343. The Morgan fingerprint density at radius 3 is 2.85 bits per heavy atom. The average molecular weight is 377 g/mol. The van der Waals surface area contributed by atoms with E-state index in [0.29, 0.717) is 12.4 Å². The van der Waals surface area contributed by atoms with Crippen LogP contribution in [0.4, 0.5) is 0 Å². The molecule has 4 aromatic rings. The summed E-state index contributed by atoms with van der Waals surface area (Å²) < 4.78 is 7.32. The third kappa shape index (κ3) is 3.21. The van der Waals surface area contributed by atoms with Crippen molar-refractivity contribution in [2.24, 2.45) is 0 Å². The fraction of sp³-hybridized carbons (Fsp3) is 0.150. The van der Waals surface area contributed by atoms with Crippen LogP contribution in [-0.2, 0) is 6.54 Å². The normalized spacial score (nSPS) is 12.2. The molecule has 27 heavy (non-hydrogen) atoms. The van der Waals surface area contributed by atoms with Crippen molar-refractivity contribution in [1.82, 2.24) is 24.7 Å². The quantitative estimate of drug-likeness (QED) is 0.393. The van der Waals surface area contributed by atoms with E-state index in [0.717, 1.165) is 34.0 Å². The van der Waals surface area contributed by atoms with E-state index in [4.69, 9.17) is 17.4 Å². The number of hydrogen-bond acceptors (Lipinski definition) is 5. The van der Waals surface area contributed by atoms with Gasteiger partial charge < -0.3 is 14.3 Å². The Morgan fingerprint density at radius 2 is 2.07 bits per heavy atom. The fourth-order valence-corrected chi connectivity index (χ4v) is 3.34. The molecule has 0 fully saturated rings. The van der Waals surface area contributed by atoms with Crippen molar-refractivity contribution in [2.75, 3.05) is 7.11 Å². The highest BCUT2D eigenvalue weighted by atomic mass is 32.1. The molecule has 0 aliphatic heterocycles. The Bertz CT molecular complexity index is 1070. The number of H-pyrrole nitrogens is 1. The van der Waals surface area contributed by atoms with Crippen molar-refractivity contribution < 1.29 is 4.74 Å². The van der Waals surface area contributed by atoms with Gasteiger partial charge in [-0.1, -0.05) is 30.3 Å². The van der Waals surface area contributed by atoms with E-state index in [1.807, 2.05) is 59.2 Å². The SMILES string of the molecule is C=CCn1c(-c2cccc(OC)c2)nnc1C(S)c1nc2ccccc2[nH]1. The van der Waals surface area contributed by atoms with Crippen molar-refractivity contribution in [3.63, 3.8) is 0 Å². The minimum absolute atomic E-state index is 0.343. The number of imidazole rings is 1. The molecular formula is C20H19N5OS. The number of nitrogens with zero attached hydrogens (tertiary/aromatic N) is 4. The van der Waals surface area contributed by atoms with Crippen LogP contribution in [0.3, 0.4) is 0 Å². The maximum absolute atomic E-state index is 5.33. The molecule has 1 unspecified atom stereocenters. The number of aromatic nitrogens is 5. The van der Waals surface area contributed by atoms with Gasteiger partial charge in [0.15, 0.2) is 11.6 Å². The van der Waals surface area contributed by atoms with Crippen molar-refractivity contribution in [3.8, 4) is 17.1 Å². The summed E-state index contributed by atoms with van der Waals surface area (Å²) in [6, 6.07) is 15.6. The average Bonchev–Trinajstić information content (AvgIpc) is 3.32. The Morgan fingerprint density at radius 1 is 1.22 bits per heavy atom. The van der Waals surface area contributed by atoms with E-state index < -0.39 is 0 Å². The summed E-state index contributed by atoms with van der Waals surface area (Å²) in [6.07, 6.45) is 1.82. The van der Waals surface area contributed by atoms with Gasteiger partial charge in [-0.3, -0.25) is 0 Å². The Labute approximate surface area is 162 Å². The molecule has 6 nitrogen and oxygen atoms in total. The Kier molecular flexibility index (Phi) is 4.68. The largest absolute Gasteiger partial charge is 0.497 e. The van der Waals surface area contributed by atoms with Gasteiger partial charge in [-0.15, -0.1) is 16.8 Å². The van der Waals surface area contributed by atoms with E-state index in [1.54, 1.807) is 7.11 Å². The fourth-order valence-electron chi connectivity index (χ4n) is 3.03. The summed E-state index contributed by atoms with van der Waals surface area (Å²) in [7, 11) is 1.64. The summed E-state index contributed by atoms with van der Waals surface area (Å²) in [4.78, 5) is 7.96. The van der Waals surface area contributed by atoms with Crippen LogP contribution in [0.25, 0.3) is 22.4 Å². The number of nitrogens with one attached hydrogen (secondary N) is 1. The lowest BCUT2D eigenvalue weighted by Gasteiger charge is -2.12. The molecule has 1 N–H and O–H groups in total. The number of aromatic amines is 1. The lowest BCUT2D eigenvalue weighted by atomic mass is 10.2. The van der Waals surface area contributed by atoms with Crippen LogP contribution >= 0.6 is 12.6 Å². The number of allylic oxidation sites excluding steroid dienone is 1. The lowest BCUT2D eigenvalue weighted by molar-refractivity contribution is 0.415. The lowest BCUT2D eigenvalue weighted by Crippen LogP contribution is -2.08. The number of fused-ring (bicyclic) bond motifs is 1. The van der Waals surface area contributed by atoms with Crippen molar-refractivity contribution in [2.45, 2.75) is 11.8 Å². The maximum Gasteiger partial charge on any atom is 0.164 e. The molecule has 2 heterocycles. The first-order valence-electron chi connectivity index (χ1n) is 8.52. The number of hydrogen-bond donors (Lipinski definition) is 2. The second kappa shape index (κ2) is 7.28. The highest BCUT2D eigenvalue weighted by Gasteiger charge is 2.23. The molecule has 0 amide bonds. The third-order valence-corrected chi connectivity index (χ3v) is 4.81. The topological polar surface area (TPSA) is 68.6 Å². The summed E-state index contributed by atoms with van der Waals surface area (Å²) in [5.74, 6) is 2.94. The molecule has 1 atom stereocenters. The molecule has 7 heteroatoms. The predicted molar refractivity (Wildman–Crippen MR) is 109 cm³/mol. The highest BCUT2D eigenvalue weighted by molar-refractivity contribution is 7.80. The van der Waals surface area contributed by atoms with Crippen LogP contribution in [0.1, 0.15) is 16.9 Å². The zero-order valence-corrected chi connectivity index (χ0v) is 15.7. The second-order valence-corrected chi connectivity index (χ2v) is 6.57. The minimum Gasteiger partial charge on any atom is -0.497 e. The zero-order valence-electron chi connectivity index (χ0n) is 14.8. The monoisotopic (exact) mass is 377 g/mol. The molecule has 0 saturated carbocycles. The van der Waals surface area contributed by atoms with Gasteiger partial charge in [0.25, 0.3) is 0 Å². The summed E-state index contributed by atoms with van der Waals surface area (Å²) >= 11 is 4.77. The first-order valence-corrected chi connectivity index (χ1v) is 9.04. The number of thiol groups is 1. The molecule has 136 valence electrons. The van der Waals surface area contributed by atoms with Gasteiger partial charge in [0.2, 0.25) is 0 Å². The van der Waals surface area contributed by atoms with Gasteiger partial charge >= 0.3 is 0 Å². The predicted octanol–water partition coefficient (Wildman–Crippen LogP) is 4.04. The molecule has 0 aliphatic carbocycles. The molecule has 0 radical (unpaired) electrons.